The van der Waals surface area contributed by atoms with Crippen LogP contribution in [0.3, 0.4) is 0 Å². The Kier molecular flexibility index (Phi) is 10.0. The van der Waals surface area contributed by atoms with Gasteiger partial charge in [-0.1, -0.05) is 19.6 Å². The van der Waals surface area contributed by atoms with Gasteiger partial charge in [0.2, 0.25) is 5.91 Å². The molecular formula is C16H29NO3. The lowest BCUT2D eigenvalue weighted by molar-refractivity contribution is -0.144. The van der Waals surface area contributed by atoms with Crippen molar-refractivity contribution < 1.29 is 14.3 Å². The summed E-state index contributed by atoms with van der Waals surface area (Å²) in [5.74, 6) is 0.391. The summed E-state index contributed by atoms with van der Waals surface area (Å²) in [7, 11) is 3.55. The van der Waals surface area contributed by atoms with Crippen LogP contribution in [0, 0.1) is 5.92 Å². The van der Waals surface area contributed by atoms with Crippen LogP contribution in [-0.2, 0) is 14.3 Å². The molecular weight excluding hydrogens is 254 g/mol. The van der Waals surface area contributed by atoms with Gasteiger partial charge in [-0.05, 0) is 31.8 Å². The minimum Gasteiger partial charge on any atom is -0.349 e. The van der Waals surface area contributed by atoms with Crippen LogP contribution in [0.2, 0.25) is 0 Å². The highest BCUT2D eigenvalue weighted by Crippen LogP contribution is 2.18. The van der Waals surface area contributed by atoms with E-state index in [4.69, 9.17) is 9.47 Å². The van der Waals surface area contributed by atoms with Gasteiger partial charge in [0.25, 0.3) is 0 Å². The molecule has 0 saturated heterocycles. The SMILES string of the molecule is C=CC[C@@H](C[C@@H](C)CC(=O)N(C)C)OC(C=C)OCC. The molecule has 1 amide bonds. The molecule has 0 aliphatic rings. The summed E-state index contributed by atoms with van der Waals surface area (Å²) in [5.41, 5.74) is 0. The standard InChI is InChI=1S/C16H29NO3/c1-7-10-14(20-16(8-2)19-9-3)11-13(4)12-15(18)17(5)6/h7-8,13-14,16H,1-2,9-12H2,3-6H3/t13-,14+,16?/m1/s1. The fraction of sp³-hybridized carbons (Fsp3) is 0.688. The first-order valence-electron chi connectivity index (χ1n) is 7.15. The number of hydrogen-bond acceptors (Lipinski definition) is 3. The van der Waals surface area contributed by atoms with Crippen LogP contribution in [0.4, 0.5) is 0 Å². The maximum atomic E-state index is 11.7. The van der Waals surface area contributed by atoms with Crippen molar-refractivity contribution in [2.75, 3.05) is 20.7 Å². The highest BCUT2D eigenvalue weighted by molar-refractivity contribution is 5.75. The molecule has 0 aliphatic heterocycles. The summed E-state index contributed by atoms with van der Waals surface area (Å²) >= 11 is 0. The third kappa shape index (κ3) is 8.12. The summed E-state index contributed by atoms with van der Waals surface area (Å²) in [5, 5.41) is 0. The molecule has 0 saturated carbocycles. The zero-order valence-corrected chi connectivity index (χ0v) is 13.3. The van der Waals surface area contributed by atoms with Crippen molar-refractivity contribution in [2.45, 2.75) is 45.5 Å². The molecule has 0 N–H and O–H groups in total. The Bertz CT molecular complexity index is 302. The molecule has 4 heteroatoms. The van der Waals surface area contributed by atoms with Gasteiger partial charge in [0.05, 0.1) is 6.10 Å². The van der Waals surface area contributed by atoms with E-state index in [0.717, 1.165) is 12.8 Å². The molecule has 4 nitrogen and oxygen atoms in total. The molecule has 0 spiro atoms. The minimum absolute atomic E-state index is 0.00740. The summed E-state index contributed by atoms with van der Waals surface area (Å²) in [4.78, 5) is 13.3. The van der Waals surface area contributed by atoms with Crippen molar-refractivity contribution in [3.8, 4) is 0 Å². The molecule has 0 rings (SSSR count). The molecule has 1 unspecified atom stereocenters. The molecule has 3 atom stereocenters. The third-order valence-corrected chi connectivity index (χ3v) is 2.97. The van der Waals surface area contributed by atoms with Crippen LogP contribution >= 0.6 is 0 Å². The largest absolute Gasteiger partial charge is 0.349 e. The van der Waals surface area contributed by atoms with E-state index < -0.39 is 6.29 Å². The maximum absolute atomic E-state index is 11.7. The number of hydrogen-bond donors (Lipinski definition) is 0. The van der Waals surface area contributed by atoms with Crippen LogP contribution in [-0.4, -0.2) is 43.9 Å². The van der Waals surface area contributed by atoms with Gasteiger partial charge in [0.1, 0.15) is 0 Å². The highest BCUT2D eigenvalue weighted by atomic mass is 16.7. The van der Waals surface area contributed by atoms with Crippen molar-refractivity contribution in [1.29, 1.82) is 0 Å². The number of ether oxygens (including phenoxy) is 2. The van der Waals surface area contributed by atoms with E-state index in [2.05, 4.69) is 20.1 Å². The molecule has 0 fully saturated rings. The lowest BCUT2D eigenvalue weighted by Gasteiger charge is -2.24. The third-order valence-electron chi connectivity index (χ3n) is 2.97. The van der Waals surface area contributed by atoms with Gasteiger partial charge in [0.15, 0.2) is 6.29 Å². The first-order chi connectivity index (χ1) is 9.44. The fourth-order valence-electron chi connectivity index (χ4n) is 1.92. The van der Waals surface area contributed by atoms with Crippen LogP contribution < -0.4 is 0 Å². The lowest BCUT2D eigenvalue weighted by atomic mass is 9.97. The Morgan fingerprint density at radius 1 is 1.35 bits per heavy atom. The predicted molar refractivity (Wildman–Crippen MR) is 82.4 cm³/mol. The van der Waals surface area contributed by atoms with E-state index in [1.165, 1.54) is 0 Å². The molecule has 0 aliphatic carbocycles. The number of carbonyl (C=O) groups is 1. The molecule has 116 valence electrons. The van der Waals surface area contributed by atoms with E-state index in [1.54, 1.807) is 25.1 Å². The van der Waals surface area contributed by atoms with Gasteiger partial charge in [-0.25, -0.2) is 0 Å². The minimum atomic E-state index is -0.401. The average molecular weight is 283 g/mol. The van der Waals surface area contributed by atoms with Crippen LogP contribution in [0.5, 0.6) is 0 Å². The molecule has 0 radical (unpaired) electrons. The fourth-order valence-corrected chi connectivity index (χ4v) is 1.92. The highest BCUT2D eigenvalue weighted by Gasteiger charge is 2.19. The van der Waals surface area contributed by atoms with Gasteiger partial charge in [0, 0.05) is 27.1 Å². The zero-order valence-electron chi connectivity index (χ0n) is 13.3. The van der Waals surface area contributed by atoms with E-state index in [-0.39, 0.29) is 17.9 Å². The smallest absolute Gasteiger partial charge is 0.222 e. The van der Waals surface area contributed by atoms with Gasteiger partial charge >= 0.3 is 0 Å². The van der Waals surface area contributed by atoms with Crippen LogP contribution in [0.15, 0.2) is 25.3 Å². The van der Waals surface area contributed by atoms with Crippen molar-refractivity contribution >= 4 is 5.91 Å². The van der Waals surface area contributed by atoms with Crippen LogP contribution in [0.25, 0.3) is 0 Å². The molecule has 0 bridgehead atoms. The second-order valence-corrected chi connectivity index (χ2v) is 5.18. The van der Waals surface area contributed by atoms with Gasteiger partial charge in [-0.3, -0.25) is 4.79 Å². The summed E-state index contributed by atoms with van der Waals surface area (Å²) in [6.45, 7) is 12.0. The van der Waals surface area contributed by atoms with Crippen molar-refractivity contribution in [1.82, 2.24) is 4.90 Å². The summed E-state index contributed by atoms with van der Waals surface area (Å²) < 4.78 is 11.3. The Balaban J connectivity index is 4.40. The Morgan fingerprint density at radius 3 is 2.45 bits per heavy atom. The first-order valence-corrected chi connectivity index (χ1v) is 7.15. The Labute approximate surface area is 123 Å². The zero-order chi connectivity index (χ0) is 15.5. The lowest BCUT2D eigenvalue weighted by Crippen LogP contribution is -2.27. The van der Waals surface area contributed by atoms with Gasteiger partial charge < -0.3 is 14.4 Å². The van der Waals surface area contributed by atoms with Crippen molar-refractivity contribution in [3.05, 3.63) is 25.3 Å². The number of rotatable bonds is 11. The quantitative estimate of drug-likeness (QED) is 0.432. The van der Waals surface area contributed by atoms with E-state index >= 15 is 0 Å². The molecule has 0 aromatic heterocycles. The van der Waals surface area contributed by atoms with E-state index in [0.29, 0.717) is 13.0 Å². The summed E-state index contributed by atoms with van der Waals surface area (Å²) in [6, 6.07) is 0. The molecule has 0 heterocycles. The monoisotopic (exact) mass is 283 g/mol. The number of carbonyl (C=O) groups excluding carboxylic acids is 1. The Morgan fingerprint density at radius 2 is 2.00 bits per heavy atom. The Hall–Kier alpha value is -1.13. The second kappa shape index (κ2) is 10.6. The molecule has 0 aromatic carbocycles. The topological polar surface area (TPSA) is 38.8 Å². The first kappa shape index (κ1) is 18.9. The van der Waals surface area contributed by atoms with Crippen LogP contribution in [0.1, 0.15) is 33.1 Å². The normalized spacial score (nSPS) is 15.2. The van der Waals surface area contributed by atoms with E-state index in [1.807, 2.05) is 13.0 Å². The number of amides is 1. The van der Waals surface area contributed by atoms with E-state index in [9.17, 15) is 4.79 Å². The average Bonchev–Trinajstić information content (AvgIpc) is 2.37. The predicted octanol–water partition coefficient (Wildman–Crippen LogP) is 3.00. The van der Waals surface area contributed by atoms with Crippen molar-refractivity contribution in [2.24, 2.45) is 5.92 Å². The molecule has 20 heavy (non-hydrogen) atoms. The maximum Gasteiger partial charge on any atom is 0.222 e. The van der Waals surface area contributed by atoms with Gasteiger partial charge in [-0.2, -0.15) is 0 Å². The van der Waals surface area contributed by atoms with Gasteiger partial charge in [-0.15, -0.1) is 6.58 Å². The summed E-state index contributed by atoms with van der Waals surface area (Å²) in [6.07, 6.45) is 5.12. The van der Waals surface area contributed by atoms with Crippen molar-refractivity contribution in [3.63, 3.8) is 0 Å². The number of nitrogens with zero attached hydrogens (tertiary/aromatic N) is 1. The second-order valence-electron chi connectivity index (χ2n) is 5.18. The molecule has 0 aromatic rings.